The Balaban J connectivity index is 0.000000360. The minimum atomic E-state index is 0. The predicted molar refractivity (Wildman–Crippen MR) is 26.7 cm³/mol. The van der Waals surface area contributed by atoms with E-state index in [9.17, 15) is 0 Å². The summed E-state index contributed by atoms with van der Waals surface area (Å²) >= 11 is 0. The molecule has 1 rings (SSSR count). The van der Waals surface area contributed by atoms with Crippen LogP contribution in [-0.4, -0.2) is 13.1 Å². The number of piperidine rings is 1. The van der Waals surface area contributed by atoms with Gasteiger partial charge >= 0.3 is 0 Å². The SMILES string of the molecule is C1CCNCC1.[Eu]. The van der Waals surface area contributed by atoms with Crippen LogP contribution < -0.4 is 5.32 Å². The number of hydrogen-bond donors (Lipinski definition) is 1. The normalized spacial score (nSPS) is 20.6. The minimum absolute atomic E-state index is 0. The molecule has 0 aromatic heterocycles. The van der Waals surface area contributed by atoms with Gasteiger partial charge in [0.15, 0.2) is 0 Å². The third-order valence-corrected chi connectivity index (χ3v) is 1.21. The Morgan fingerprint density at radius 2 is 1.43 bits per heavy atom. The molecular formula is C5H11EuN. The summed E-state index contributed by atoms with van der Waals surface area (Å²) in [6, 6.07) is 0. The second-order valence-electron chi connectivity index (χ2n) is 1.81. The summed E-state index contributed by atoms with van der Waals surface area (Å²) in [4.78, 5) is 0. The molecule has 0 amide bonds. The van der Waals surface area contributed by atoms with E-state index in [1.54, 1.807) is 0 Å². The fraction of sp³-hybridized carbons (Fsp3) is 1.00. The average molecular weight is 237 g/mol. The summed E-state index contributed by atoms with van der Waals surface area (Å²) in [7, 11) is 0. The molecule has 0 saturated carbocycles. The quantitative estimate of drug-likeness (QED) is 0.655. The fourth-order valence-electron chi connectivity index (χ4n) is 0.802. The maximum Gasteiger partial charge on any atom is 0 e. The van der Waals surface area contributed by atoms with E-state index >= 15 is 0 Å². The van der Waals surface area contributed by atoms with Crippen LogP contribution in [0.4, 0.5) is 0 Å². The van der Waals surface area contributed by atoms with Crippen molar-refractivity contribution in [1.82, 2.24) is 5.32 Å². The molecule has 0 unspecified atom stereocenters. The monoisotopic (exact) mass is 238 g/mol. The van der Waals surface area contributed by atoms with Crippen molar-refractivity contribution in [3.63, 3.8) is 0 Å². The van der Waals surface area contributed by atoms with Gasteiger partial charge in [-0.25, -0.2) is 0 Å². The number of hydrogen-bond acceptors (Lipinski definition) is 1. The molecule has 1 N–H and O–H groups in total. The van der Waals surface area contributed by atoms with Gasteiger partial charge in [0.25, 0.3) is 0 Å². The third kappa shape index (κ3) is 4.07. The van der Waals surface area contributed by atoms with Crippen molar-refractivity contribution in [3.05, 3.63) is 0 Å². The van der Waals surface area contributed by atoms with Crippen molar-refractivity contribution in [2.45, 2.75) is 19.3 Å². The van der Waals surface area contributed by atoms with Gasteiger partial charge in [-0.1, -0.05) is 6.42 Å². The van der Waals surface area contributed by atoms with Crippen LogP contribution in [0.15, 0.2) is 0 Å². The molecule has 0 spiro atoms. The number of rotatable bonds is 0. The standard InChI is InChI=1S/C5H11N.Eu/c1-2-4-6-5-3-1;/h6H,1-5H2;. The first-order chi connectivity index (χ1) is 3.00. The Hall–Kier alpha value is 1.54. The van der Waals surface area contributed by atoms with E-state index in [0.717, 1.165) is 0 Å². The maximum atomic E-state index is 3.28. The van der Waals surface area contributed by atoms with Gasteiger partial charge in [0.05, 0.1) is 0 Å². The van der Waals surface area contributed by atoms with Crippen molar-refractivity contribution >= 4 is 0 Å². The summed E-state index contributed by atoms with van der Waals surface area (Å²) in [5, 5.41) is 3.28. The molecule has 1 aliphatic rings. The second kappa shape index (κ2) is 5.68. The zero-order chi connectivity index (χ0) is 4.24. The molecule has 0 atom stereocenters. The van der Waals surface area contributed by atoms with Gasteiger partial charge in [-0.2, -0.15) is 0 Å². The van der Waals surface area contributed by atoms with E-state index in [4.69, 9.17) is 0 Å². The molecule has 2 heteroatoms. The van der Waals surface area contributed by atoms with Gasteiger partial charge in [-0.3, -0.25) is 0 Å². The van der Waals surface area contributed by atoms with Crippen LogP contribution in [-0.2, 0) is 0 Å². The van der Waals surface area contributed by atoms with Crippen LogP contribution in [0.3, 0.4) is 0 Å². The predicted octanol–water partition coefficient (Wildman–Crippen LogP) is 0.760. The second-order valence-corrected chi connectivity index (χ2v) is 1.81. The third-order valence-electron chi connectivity index (χ3n) is 1.21. The van der Waals surface area contributed by atoms with Crippen LogP contribution in [0.5, 0.6) is 0 Å². The van der Waals surface area contributed by atoms with Crippen LogP contribution in [0.2, 0.25) is 0 Å². The topological polar surface area (TPSA) is 12.0 Å². The van der Waals surface area contributed by atoms with Gasteiger partial charge in [0.1, 0.15) is 0 Å². The Morgan fingerprint density at radius 3 is 1.57 bits per heavy atom. The Labute approximate surface area is 85.8 Å². The van der Waals surface area contributed by atoms with Crippen LogP contribution in [0, 0.1) is 49.4 Å². The summed E-state index contributed by atoms with van der Waals surface area (Å²) in [6.07, 6.45) is 4.22. The molecule has 1 heterocycles. The molecule has 1 nitrogen and oxygen atoms in total. The van der Waals surface area contributed by atoms with Crippen molar-refractivity contribution in [2.75, 3.05) is 13.1 Å². The van der Waals surface area contributed by atoms with Gasteiger partial charge in [0.2, 0.25) is 0 Å². The van der Waals surface area contributed by atoms with Gasteiger partial charge in [-0.05, 0) is 25.9 Å². The maximum absolute atomic E-state index is 3.28. The molecule has 0 aromatic rings. The first kappa shape index (κ1) is 8.54. The van der Waals surface area contributed by atoms with Crippen LogP contribution in [0.25, 0.3) is 0 Å². The first-order valence-corrected chi connectivity index (χ1v) is 2.71. The molecule has 1 radical (unpaired) electrons. The Bertz CT molecular complexity index is 23.6. The summed E-state index contributed by atoms with van der Waals surface area (Å²) in [5.41, 5.74) is 0. The zero-order valence-corrected chi connectivity index (χ0v) is 6.84. The zero-order valence-electron chi connectivity index (χ0n) is 4.41. The van der Waals surface area contributed by atoms with Crippen molar-refractivity contribution in [2.24, 2.45) is 0 Å². The van der Waals surface area contributed by atoms with Crippen LogP contribution >= 0.6 is 0 Å². The molecule has 0 aliphatic carbocycles. The number of nitrogens with one attached hydrogen (secondary N) is 1. The van der Waals surface area contributed by atoms with E-state index in [2.05, 4.69) is 5.32 Å². The molecule has 0 bridgehead atoms. The van der Waals surface area contributed by atoms with Gasteiger partial charge < -0.3 is 5.32 Å². The van der Waals surface area contributed by atoms with Crippen LogP contribution in [0.1, 0.15) is 19.3 Å². The van der Waals surface area contributed by atoms with E-state index in [0.29, 0.717) is 0 Å². The largest absolute Gasteiger partial charge is 0.317 e. The van der Waals surface area contributed by atoms with E-state index in [1.165, 1.54) is 32.4 Å². The summed E-state index contributed by atoms with van der Waals surface area (Å²) in [5.74, 6) is 0. The summed E-state index contributed by atoms with van der Waals surface area (Å²) in [6.45, 7) is 2.50. The van der Waals surface area contributed by atoms with E-state index in [1.807, 2.05) is 0 Å². The average Bonchev–Trinajstić information content (AvgIpc) is 1.72. The van der Waals surface area contributed by atoms with E-state index < -0.39 is 0 Å². The fourth-order valence-corrected chi connectivity index (χ4v) is 0.802. The smallest absolute Gasteiger partial charge is 0 e. The molecular weight excluding hydrogens is 226 g/mol. The molecule has 1 saturated heterocycles. The Kier molecular flexibility index (Phi) is 6.93. The first-order valence-electron chi connectivity index (χ1n) is 2.71. The Morgan fingerprint density at radius 1 is 0.857 bits per heavy atom. The molecule has 0 aromatic carbocycles. The van der Waals surface area contributed by atoms with Gasteiger partial charge in [0, 0.05) is 49.4 Å². The minimum Gasteiger partial charge on any atom is -0.317 e. The van der Waals surface area contributed by atoms with Crippen molar-refractivity contribution in [1.29, 1.82) is 0 Å². The molecule has 1 fully saturated rings. The van der Waals surface area contributed by atoms with Crippen molar-refractivity contribution < 1.29 is 49.4 Å². The molecule has 7 heavy (non-hydrogen) atoms. The van der Waals surface area contributed by atoms with E-state index in [-0.39, 0.29) is 49.4 Å². The van der Waals surface area contributed by atoms with Crippen molar-refractivity contribution in [3.8, 4) is 0 Å². The molecule has 1 aliphatic heterocycles. The molecule has 43 valence electrons. The van der Waals surface area contributed by atoms with Gasteiger partial charge in [-0.15, -0.1) is 0 Å². The summed E-state index contributed by atoms with van der Waals surface area (Å²) < 4.78 is 0.